The van der Waals surface area contributed by atoms with Gasteiger partial charge in [-0.3, -0.25) is 29.0 Å². The van der Waals surface area contributed by atoms with Crippen molar-refractivity contribution >= 4 is 121 Å². The first-order valence-corrected chi connectivity index (χ1v) is 29.0. The minimum Gasteiger partial charge on any atom is -1.00 e. The summed E-state index contributed by atoms with van der Waals surface area (Å²) in [5, 5.41) is 27.1. The molecule has 24 nitrogen and oxygen atoms in total. The first kappa shape index (κ1) is 74.4. The van der Waals surface area contributed by atoms with Gasteiger partial charge in [0.15, 0.2) is 16.9 Å². The monoisotopic (exact) mass is 1390 g/mol. The molecule has 1 N–H and O–H groups in total. The smallest absolute Gasteiger partial charge is 1.00 e. The van der Waals surface area contributed by atoms with E-state index < -0.39 is 17.5 Å². The number of carbonyl (C=O) groups is 4. The topological polar surface area (TPSA) is 251 Å². The molecule has 0 spiro atoms. The summed E-state index contributed by atoms with van der Waals surface area (Å²) in [6.07, 6.45) is 10.4. The molecular formula is C58H60Cl4F3K2N15O9. The Kier molecular flexibility index (Phi) is 30.0. The van der Waals surface area contributed by atoms with Gasteiger partial charge in [0.2, 0.25) is 17.7 Å². The van der Waals surface area contributed by atoms with Crippen LogP contribution in [0.2, 0.25) is 15.1 Å². The summed E-state index contributed by atoms with van der Waals surface area (Å²) >= 11 is 23.3. The SMILES string of the molecule is COc1cc(N2CCN(C(=O)CCl)CC2)c(F)cc1Cl.COc1cc(N2CCN(C(=O)Cn3cc4cccnc4n3)CC2)c(F)cc1Cl.COc1cc(N2CCN(C(=O)Cn3ncc4cccnc43)CC2)c(F)cc1Cl.O=CO[O-].[H-].[K+].[K+].c1cnc2[nH]ncc2c1. The van der Waals surface area contributed by atoms with E-state index in [1.165, 1.54) is 39.5 Å². The fourth-order valence-corrected chi connectivity index (χ4v) is 10.5. The van der Waals surface area contributed by atoms with Gasteiger partial charge >= 0.3 is 103 Å². The Morgan fingerprint density at radius 3 is 1.44 bits per heavy atom. The number of anilines is 3. The molecular weight excluding hydrogens is 1330 g/mol. The number of nitrogens with one attached hydrogen (secondary N) is 1. The Labute approximate surface area is 626 Å². The van der Waals surface area contributed by atoms with E-state index in [1.807, 2.05) is 57.3 Å². The zero-order valence-electron chi connectivity index (χ0n) is 51.2. The third-order valence-corrected chi connectivity index (χ3v) is 15.4. The number of aromatic amines is 1. The van der Waals surface area contributed by atoms with E-state index in [9.17, 15) is 27.6 Å². The number of H-pyrrole nitrogens is 1. The van der Waals surface area contributed by atoms with Crippen LogP contribution in [0, 0.1) is 17.5 Å². The Morgan fingerprint density at radius 2 is 1.01 bits per heavy atom. The van der Waals surface area contributed by atoms with Crippen molar-refractivity contribution < 1.29 is 161 Å². The number of fused-ring (bicyclic) bond motifs is 3. The van der Waals surface area contributed by atoms with Gasteiger partial charge in [-0.25, -0.2) is 32.8 Å². The van der Waals surface area contributed by atoms with Crippen LogP contribution in [0.4, 0.5) is 30.2 Å². The Balaban J connectivity index is 0.000000226. The molecule has 3 aliphatic rings. The van der Waals surface area contributed by atoms with E-state index in [0.29, 0.717) is 124 Å². The zero-order chi connectivity index (χ0) is 63.6. The molecule has 0 aliphatic carbocycles. The van der Waals surface area contributed by atoms with Crippen molar-refractivity contribution in [3.63, 3.8) is 0 Å². The van der Waals surface area contributed by atoms with Crippen LogP contribution in [0.25, 0.3) is 33.1 Å². The number of amides is 3. The number of benzene rings is 3. The average molecular weight is 1390 g/mol. The number of pyridine rings is 3. The summed E-state index contributed by atoms with van der Waals surface area (Å²) in [7, 11) is 4.47. The number of hydrogen-bond donors (Lipinski definition) is 1. The number of hydrogen-bond acceptors (Lipinski definition) is 18. The molecule has 0 unspecified atom stereocenters. The molecule has 9 aromatic rings. The van der Waals surface area contributed by atoms with Gasteiger partial charge in [0.25, 0.3) is 6.47 Å². The second-order valence-electron chi connectivity index (χ2n) is 19.5. The van der Waals surface area contributed by atoms with Crippen LogP contribution in [0.15, 0.2) is 110 Å². The summed E-state index contributed by atoms with van der Waals surface area (Å²) in [5.74, 6) is -0.100. The van der Waals surface area contributed by atoms with E-state index in [2.05, 4.69) is 40.2 Å². The van der Waals surface area contributed by atoms with Crippen molar-refractivity contribution in [2.75, 3.05) is 120 Å². The van der Waals surface area contributed by atoms with E-state index in [0.717, 1.165) is 21.8 Å². The number of methoxy groups -OCH3 is 3. The Bertz CT molecular complexity index is 3810. The summed E-state index contributed by atoms with van der Waals surface area (Å²) in [6.45, 7) is 6.32. The average Bonchev–Trinajstić information content (AvgIpc) is 1.23. The second-order valence-corrected chi connectivity index (χ2v) is 21.0. The maximum absolute atomic E-state index is 14.3. The number of aromatic nitrogens is 9. The van der Waals surface area contributed by atoms with Crippen molar-refractivity contribution in [1.29, 1.82) is 0 Å². The van der Waals surface area contributed by atoms with Crippen LogP contribution >= 0.6 is 46.4 Å². The van der Waals surface area contributed by atoms with Gasteiger partial charge < -0.3 is 55.2 Å². The number of ether oxygens (including phenoxy) is 3. The molecule has 6 aromatic heterocycles. The molecule has 3 aliphatic heterocycles. The molecule has 3 fully saturated rings. The molecule has 0 saturated carbocycles. The molecule has 33 heteroatoms. The third kappa shape index (κ3) is 20.0. The quantitative estimate of drug-likeness (QED) is 0.0590. The van der Waals surface area contributed by atoms with Crippen LogP contribution in [-0.2, 0) is 37.2 Å². The number of nitrogens with zero attached hydrogens (tertiary/aromatic N) is 14. The van der Waals surface area contributed by atoms with Crippen molar-refractivity contribution in [3.05, 3.63) is 142 Å². The molecule has 3 aromatic carbocycles. The maximum Gasteiger partial charge on any atom is 1.00 e. The summed E-state index contributed by atoms with van der Waals surface area (Å²) in [4.78, 5) is 71.4. The summed E-state index contributed by atoms with van der Waals surface area (Å²) < 4.78 is 61.3. The van der Waals surface area contributed by atoms with Gasteiger partial charge in [-0.15, -0.1) is 11.6 Å². The van der Waals surface area contributed by atoms with E-state index in [-0.39, 0.29) is 162 Å². The Morgan fingerprint density at radius 1 is 0.593 bits per heavy atom. The van der Waals surface area contributed by atoms with Gasteiger partial charge in [-0.2, -0.15) is 15.3 Å². The van der Waals surface area contributed by atoms with E-state index >= 15 is 0 Å². The van der Waals surface area contributed by atoms with Gasteiger partial charge in [0.05, 0.1) is 65.9 Å². The number of alkyl halides is 1. The van der Waals surface area contributed by atoms with E-state index in [1.54, 1.807) is 73.2 Å². The first-order valence-electron chi connectivity index (χ1n) is 27.3. The van der Waals surface area contributed by atoms with Crippen molar-refractivity contribution in [1.82, 2.24) is 59.4 Å². The van der Waals surface area contributed by atoms with Crippen LogP contribution in [-0.4, -0.2) is 189 Å². The number of piperazine rings is 3. The summed E-state index contributed by atoms with van der Waals surface area (Å²) in [6, 6.07) is 19.8. The molecule has 0 atom stereocenters. The number of rotatable bonds is 12. The molecule has 3 saturated heterocycles. The number of carbonyl (C=O) groups excluding carboxylic acids is 4. The molecule has 9 heterocycles. The summed E-state index contributed by atoms with van der Waals surface area (Å²) in [5.41, 5.74) is 3.44. The van der Waals surface area contributed by atoms with Crippen molar-refractivity contribution in [2.24, 2.45) is 0 Å². The van der Waals surface area contributed by atoms with Gasteiger partial charge in [-0.1, -0.05) is 34.8 Å². The normalized spacial score (nSPS) is 13.6. The molecule has 12 rings (SSSR count). The predicted molar refractivity (Wildman–Crippen MR) is 328 cm³/mol. The minimum atomic E-state index is -0.403. The molecule has 3 amide bonds. The fraction of sp³-hybridized carbons (Fsp3) is 0.310. The number of halogens is 7. The zero-order valence-corrected chi connectivity index (χ0v) is 59.4. The largest absolute Gasteiger partial charge is 1.00 e. The third-order valence-electron chi connectivity index (χ3n) is 14.3. The predicted octanol–water partition coefficient (Wildman–Crippen LogP) is 1.05. The first-order chi connectivity index (χ1) is 43.1. The standard InChI is InChI=1S/2C19H19ClFN5O2.C13H15Cl2FN2O2.C6H5N3.CH2O3.2K.H/c1-28-17-10-16(15(21)9-14(17)20)24-5-7-25(8-6-24)18(27)12-26-11-13-3-2-4-22-19(13)23-26;1-28-17-10-16(15(21)9-14(17)20)24-5-7-25(8-6-24)18(27)12-26-19-13(11-23-26)3-2-4-22-19;1-20-12-7-11(10(16)6-9(12)15)17-2-4-18(5-3-17)13(19)8-14;1-2-5-4-8-9-6(5)7-3-1;2-1-4-3;;;/h2*2-4,9-11H,5-8,12H2,1H3;6-7H,2-5,8H2,1H3;1-4H,(H,7,8,9);1,3H;;;/q;;;;;2*+1;-1/p-1. The van der Waals surface area contributed by atoms with Crippen LogP contribution in [0.3, 0.4) is 0 Å². The van der Waals surface area contributed by atoms with E-state index in [4.69, 9.17) is 70.7 Å². The molecule has 91 heavy (non-hydrogen) atoms. The van der Waals surface area contributed by atoms with Gasteiger partial charge in [0, 0.05) is 138 Å². The second kappa shape index (κ2) is 36.7. The minimum absolute atomic E-state index is 0. The van der Waals surface area contributed by atoms with Gasteiger partial charge in [0.1, 0.15) is 53.7 Å². The van der Waals surface area contributed by atoms with Crippen molar-refractivity contribution in [3.8, 4) is 17.2 Å². The molecule has 0 radical (unpaired) electrons. The fourth-order valence-electron chi connectivity index (χ4n) is 9.69. The molecule has 472 valence electrons. The van der Waals surface area contributed by atoms with Crippen LogP contribution in [0.1, 0.15) is 1.43 Å². The molecule has 0 bridgehead atoms. The van der Waals surface area contributed by atoms with Crippen LogP contribution in [0.5, 0.6) is 17.2 Å². The Hall–Kier alpha value is -5.62. The maximum atomic E-state index is 14.3. The van der Waals surface area contributed by atoms with Crippen molar-refractivity contribution in [2.45, 2.75) is 13.1 Å². The van der Waals surface area contributed by atoms with Crippen LogP contribution < -0.4 is 137 Å². The van der Waals surface area contributed by atoms with Gasteiger partial charge in [-0.05, 0) is 54.6 Å².